The van der Waals surface area contributed by atoms with Crippen molar-refractivity contribution in [3.05, 3.63) is 71.8 Å². The molecule has 1 aliphatic rings. The molecule has 4 amide bonds. The highest BCUT2D eigenvalue weighted by Gasteiger charge is 2.42. The molecule has 0 spiro atoms. The second-order valence-electron chi connectivity index (χ2n) is 12.3. The maximum absolute atomic E-state index is 13.4. The Labute approximate surface area is 282 Å². The van der Waals surface area contributed by atoms with Gasteiger partial charge < -0.3 is 42.3 Å². The summed E-state index contributed by atoms with van der Waals surface area (Å²) in [6.07, 6.45) is 2.32. The first-order valence-corrected chi connectivity index (χ1v) is 16.7. The van der Waals surface area contributed by atoms with Crippen LogP contribution >= 0.6 is 0 Å². The number of nitrogens with zero attached hydrogens (tertiary/aromatic N) is 1. The van der Waals surface area contributed by atoms with Crippen LogP contribution in [0.3, 0.4) is 0 Å². The van der Waals surface area contributed by atoms with Gasteiger partial charge in [0.25, 0.3) is 0 Å². The van der Waals surface area contributed by atoms with Crippen LogP contribution in [-0.2, 0) is 30.4 Å². The van der Waals surface area contributed by atoms with Gasteiger partial charge in [0.1, 0.15) is 17.6 Å². The third kappa shape index (κ3) is 11.7. The molecule has 1 saturated heterocycles. The number of carbonyl (C=O) groups excluding carboxylic acids is 4. The molecule has 1 aliphatic heterocycles. The lowest BCUT2D eigenvalue weighted by atomic mass is 9.87. The molecule has 2 aromatic rings. The zero-order valence-electron chi connectivity index (χ0n) is 28.0. The maximum atomic E-state index is 13.4. The Morgan fingerprint density at radius 3 is 2.08 bits per heavy atom. The number of unbranched alkanes of at least 4 members (excludes halogenated alkanes) is 1. The molecule has 0 aromatic heterocycles. The molecule has 0 saturated carbocycles. The number of hydrogen-bond donors (Lipinski definition) is 7. The van der Waals surface area contributed by atoms with Crippen molar-refractivity contribution in [1.82, 2.24) is 31.5 Å². The van der Waals surface area contributed by atoms with Crippen LogP contribution in [0.1, 0.15) is 56.1 Å². The molecule has 3 rings (SSSR count). The largest absolute Gasteiger partial charge is 0.480 e. The molecule has 2 aromatic carbocycles. The van der Waals surface area contributed by atoms with Crippen molar-refractivity contribution in [2.24, 2.45) is 5.73 Å². The fourth-order valence-electron chi connectivity index (χ4n) is 5.79. The van der Waals surface area contributed by atoms with E-state index >= 15 is 0 Å². The molecule has 3 atom stereocenters. The van der Waals surface area contributed by atoms with Gasteiger partial charge in [0.15, 0.2) is 0 Å². The van der Waals surface area contributed by atoms with E-state index in [4.69, 9.17) is 5.73 Å². The average molecular weight is 666 g/mol. The van der Waals surface area contributed by atoms with E-state index in [1.54, 1.807) is 11.9 Å². The number of carbonyl (C=O) groups is 5. The molecule has 1 heterocycles. The number of aliphatic carboxylic acids is 1. The Balaban J connectivity index is 1.57. The summed E-state index contributed by atoms with van der Waals surface area (Å²) >= 11 is 0. The normalized spacial score (nSPS) is 15.9. The van der Waals surface area contributed by atoms with E-state index in [0.29, 0.717) is 32.4 Å². The van der Waals surface area contributed by atoms with Crippen LogP contribution in [0.2, 0.25) is 0 Å². The zero-order valence-corrected chi connectivity index (χ0v) is 28.0. The van der Waals surface area contributed by atoms with Crippen molar-refractivity contribution in [1.29, 1.82) is 0 Å². The van der Waals surface area contributed by atoms with Crippen LogP contribution < -0.4 is 32.3 Å². The summed E-state index contributed by atoms with van der Waals surface area (Å²) in [5, 5.41) is 23.9. The summed E-state index contributed by atoms with van der Waals surface area (Å²) in [5.74, 6) is -2.51. The Hall–Kier alpha value is -4.33. The predicted molar refractivity (Wildman–Crippen MR) is 183 cm³/mol. The van der Waals surface area contributed by atoms with Crippen molar-refractivity contribution >= 4 is 29.6 Å². The highest BCUT2D eigenvalue weighted by molar-refractivity contribution is 5.93. The third-order valence-electron chi connectivity index (χ3n) is 8.86. The molecule has 3 unspecified atom stereocenters. The summed E-state index contributed by atoms with van der Waals surface area (Å²) in [6, 6.07) is 17.4. The van der Waals surface area contributed by atoms with Crippen molar-refractivity contribution in [2.45, 2.75) is 69.0 Å². The Morgan fingerprint density at radius 1 is 0.875 bits per heavy atom. The molecule has 1 fully saturated rings. The van der Waals surface area contributed by atoms with Crippen molar-refractivity contribution in [3.63, 3.8) is 0 Å². The number of piperidine rings is 1. The van der Waals surface area contributed by atoms with Gasteiger partial charge in [-0.2, -0.15) is 0 Å². The molecule has 8 N–H and O–H groups in total. The van der Waals surface area contributed by atoms with E-state index < -0.39 is 42.0 Å². The second-order valence-corrected chi connectivity index (χ2v) is 12.3. The van der Waals surface area contributed by atoms with E-state index in [2.05, 4.69) is 33.5 Å². The average Bonchev–Trinajstić information content (AvgIpc) is 3.10. The van der Waals surface area contributed by atoms with E-state index in [-0.39, 0.29) is 56.6 Å². The fourth-order valence-corrected chi connectivity index (χ4v) is 5.79. The first-order chi connectivity index (χ1) is 23.1. The van der Waals surface area contributed by atoms with Gasteiger partial charge in [0.2, 0.25) is 23.6 Å². The van der Waals surface area contributed by atoms with Gasteiger partial charge in [-0.05, 0) is 62.7 Å². The zero-order chi connectivity index (χ0) is 34.9. The number of carboxylic acids is 1. The maximum Gasteiger partial charge on any atom is 0.324 e. The van der Waals surface area contributed by atoms with Gasteiger partial charge in [-0.1, -0.05) is 67.6 Å². The first kappa shape index (κ1) is 38.1. The van der Waals surface area contributed by atoms with E-state index in [1.807, 2.05) is 60.7 Å². The molecular formula is C35H51N7O6. The molecule has 262 valence electrons. The monoisotopic (exact) mass is 665 g/mol. The summed E-state index contributed by atoms with van der Waals surface area (Å²) < 4.78 is 0. The number of amides is 4. The summed E-state index contributed by atoms with van der Waals surface area (Å²) in [4.78, 5) is 66.0. The van der Waals surface area contributed by atoms with E-state index in [0.717, 1.165) is 11.1 Å². The smallest absolute Gasteiger partial charge is 0.324 e. The molecule has 0 radical (unpaired) electrons. The van der Waals surface area contributed by atoms with Crippen LogP contribution in [-0.4, -0.2) is 104 Å². The summed E-state index contributed by atoms with van der Waals surface area (Å²) in [5.41, 5.74) is 6.54. The number of likely N-dealkylation sites (N-methyl/N-ethyl adjacent to an activating group) is 1. The van der Waals surface area contributed by atoms with Crippen molar-refractivity contribution in [3.8, 4) is 0 Å². The Kier molecular flexibility index (Phi) is 15.5. The SMILES string of the molecule is CNC1(C(=O)O)CCN(C(=O)C(CCCCN)NC(=O)CNC(=O)C(Cc2ccccc2)NC(=O)CNCC(C)c2ccccc2)CC1. The number of hydrogen-bond acceptors (Lipinski definition) is 8. The number of nitrogens with one attached hydrogen (secondary N) is 5. The minimum Gasteiger partial charge on any atom is -0.480 e. The number of carboxylic acid groups (broad SMARTS) is 1. The van der Waals surface area contributed by atoms with Gasteiger partial charge in [-0.25, -0.2) is 0 Å². The number of rotatable bonds is 19. The lowest BCUT2D eigenvalue weighted by Crippen LogP contribution is -2.60. The number of nitrogens with two attached hydrogens (primary N) is 1. The van der Waals surface area contributed by atoms with Crippen molar-refractivity contribution < 1.29 is 29.1 Å². The second kappa shape index (κ2) is 19.5. The van der Waals surface area contributed by atoms with Gasteiger partial charge in [0, 0.05) is 26.1 Å². The van der Waals surface area contributed by atoms with E-state index in [1.165, 1.54) is 0 Å². The van der Waals surface area contributed by atoms with Crippen LogP contribution in [0, 0.1) is 0 Å². The molecule has 13 heteroatoms. The van der Waals surface area contributed by atoms with Crippen LogP contribution in [0.4, 0.5) is 0 Å². The minimum atomic E-state index is -1.10. The standard InChI is InChI=1S/C35H51N7O6/c1-25(27-13-7-4-8-14-27)22-38-23-30(43)41-29(21-26-11-5-3-6-12-26)32(45)39-24-31(44)40-28(15-9-10-18-36)33(46)42-19-16-35(37-2,17-20-42)34(47)48/h3-8,11-14,25,28-29,37-38H,9-10,15-24,36H2,1-2H3,(H,39,45)(H,40,44)(H,41,43)(H,47,48). The van der Waals surface area contributed by atoms with E-state index in [9.17, 15) is 29.1 Å². The predicted octanol–water partition coefficient (Wildman–Crippen LogP) is 0.502. The van der Waals surface area contributed by atoms with Gasteiger partial charge in [-0.3, -0.25) is 24.0 Å². The number of benzene rings is 2. The Bertz CT molecular complexity index is 1340. The third-order valence-corrected chi connectivity index (χ3v) is 8.86. The lowest BCUT2D eigenvalue weighted by molar-refractivity contribution is -0.149. The van der Waals surface area contributed by atoms with Crippen LogP contribution in [0.5, 0.6) is 0 Å². The highest BCUT2D eigenvalue weighted by atomic mass is 16.4. The first-order valence-electron chi connectivity index (χ1n) is 16.7. The van der Waals surface area contributed by atoms with Crippen LogP contribution in [0.25, 0.3) is 0 Å². The molecule has 13 nitrogen and oxygen atoms in total. The van der Waals surface area contributed by atoms with Gasteiger partial charge >= 0.3 is 5.97 Å². The number of likely N-dealkylation sites (tertiary alicyclic amines) is 1. The van der Waals surface area contributed by atoms with Crippen LogP contribution in [0.15, 0.2) is 60.7 Å². The molecular weight excluding hydrogens is 614 g/mol. The summed E-state index contributed by atoms with van der Waals surface area (Å²) in [6.45, 7) is 3.16. The Morgan fingerprint density at radius 2 is 1.48 bits per heavy atom. The van der Waals surface area contributed by atoms with Gasteiger partial charge in [-0.15, -0.1) is 0 Å². The lowest BCUT2D eigenvalue weighted by Gasteiger charge is -2.39. The summed E-state index contributed by atoms with van der Waals surface area (Å²) in [7, 11) is 1.59. The molecule has 48 heavy (non-hydrogen) atoms. The fraction of sp³-hybridized carbons (Fsp3) is 0.514. The quantitative estimate of drug-likeness (QED) is 0.105. The molecule has 0 aliphatic carbocycles. The minimum absolute atomic E-state index is 0.0151. The highest BCUT2D eigenvalue weighted by Crippen LogP contribution is 2.23. The molecule has 0 bridgehead atoms. The topological polar surface area (TPSA) is 195 Å². The van der Waals surface area contributed by atoms with Gasteiger partial charge in [0.05, 0.1) is 13.1 Å². The van der Waals surface area contributed by atoms with Crippen molar-refractivity contribution in [2.75, 3.05) is 46.3 Å².